The van der Waals surface area contributed by atoms with Crippen LogP contribution in [0.5, 0.6) is 0 Å². The van der Waals surface area contributed by atoms with Gasteiger partial charge in [0.1, 0.15) is 12.4 Å². The molecule has 1 aromatic heterocycles. The van der Waals surface area contributed by atoms with E-state index in [9.17, 15) is 4.79 Å². The second-order valence-electron chi connectivity index (χ2n) is 5.02. The van der Waals surface area contributed by atoms with Gasteiger partial charge in [0.15, 0.2) is 18.8 Å². The van der Waals surface area contributed by atoms with E-state index in [1.165, 1.54) is 10.6 Å². The number of unbranched alkanes of at least 4 members (excludes halogenated alkanes) is 1. The zero-order chi connectivity index (χ0) is 15.9. The Morgan fingerprint density at radius 2 is 2.36 bits per heavy atom. The molecule has 8 nitrogen and oxygen atoms in total. The molecule has 1 aromatic rings. The number of hydrogen-bond acceptors (Lipinski definition) is 7. The zero-order valence-electron chi connectivity index (χ0n) is 12.9. The second-order valence-corrected chi connectivity index (χ2v) is 5.02. The summed E-state index contributed by atoms with van der Waals surface area (Å²) < 4.78 is 23.4. The highest BCUT2D eigenvalue weighted by Crippen LogP contribution is 2.20. The molecule has 1 fully saturated rings. The van der Waals surface area contributed by atoms with E-state index in [0.717, 1.165) is 12.8 Å². The molecule has 1 aliphatic rings. The predicted octanol–water partition coefficient (Wildman–Crippen LogP) is 0.876. The molecule has 2 heterocycles. The van der Waals surface area contributed by atoms with Crippen LogP contribution in [0.25, 0.3) is 0 Å². The Balaban J connectivity index is 1.77. The van der Waals surface area contributed by atoms with Crippen molar-refractivity contribution in [2.24, 2.45) is 0 Å². The van der Waals surface area contributed by atoms with Gasteiger partial charge in [-0.25, -0.2) is 4.79 Å². The first kappa shape index (κ1) is 16.9. The van der Waals surface area contributed by atoms with Crippen molar-refractivity contribution in [3.8, 4) is 0 Å². The van der Waals surface area contributed by atoms with Gasteiger partial charge >= 0.3 is 5.69 Å². The second kappa shape index (κ2) is 8.23. The molecule has 3 atom stereocenters. The third kappa shape index (κ3) is 4.77. The number of nitrogens with two attached hydrogens (primary N) is 1. The monoisotopic (exact) mass is 313 g/mol. The van der Waals surface area contributed by atoms with Gasteiger partial charge in [0.25, 0.3) is 0 Å². The molecule has 0 bridgehead atoms. The lowest BCUT2D eigenvalue weighted by molar-refractivity contribution is -0.185. The van der Waals surface area contributed by atoms with Crippen molar-refractivity contribution in [3.05, 3.63) is 22.7 Å². The summed E-state index contributed by atoms with van der Waals surface area (Å²) in [5.41, 5.74) is 4.99. The molecule has 0 amide bonds. The van der Waals surface area contributed by atoms with E-state index >= 15 is 0 Å². The van der Waals surface area contributed by atoms with Gasteiger partial charge in [-0.2, -0.15) is 4.98 Å². The number of anilines is 1. The van der Waals surface area contributed by atoms with Crippen LogP contribution in [0.1, 0.15) is 32.9 Å². The van der Waals surface area contributed by atoms with E-state index in [1.54, 1.807) is 6.20 Å². The zero-order valence-corrected chi connectivity index (χ0v) is 12.9. The SMILES string of the molecule is CCCCOC(C)OCC1OCC(n2ccc(N)nc2=O)O1. The summed E-state index contributed by atoms with van der Waals surface area (Å²) >= 11 is 0. The van der Waals surface area contributed by atoms with Gasteiger partial charge in [-0.3, -0.25) is 4.57 Å². The summed E-state index contributed by atoms with van der Waals surface area (Å²) in [7, 11) is 0. The van der Waals surface area contributed by atoms with Crippen molar-refractivity contribution in [2.75, 3.05) is 25.6 Å². The van der Waals surface area contributed by atoms with Crippen molar-refractivity contribution in [1.29, 1.82) is 0 Å². The van der Waals surface area contributed by atoms with Gasteiger partial charge in [0.05, 0.1) is 6.61 Å². The first-order valence-corrected chi connectivity index (χ1v) is 7.45. The molecule has 0 spiro atoms. The number of rotatable bonds is 8. The van der Waals surface area contributed by atoms with Crippen LogP contribution in [0, 0.1) is 0 Å². The fourth-order valence-electron chi connectivity index (χ4n) is 1.98. The molecular weight excluding hydrogens is 290 g/mol. The summed E-state index contributed by atoms with van der Waals surface area (Å²) in [5.74, 6) is 0.179. The Kier molecular flexibility index (Phi) is 6.32. The minimum Gasteiger partial charge on any atom is -0.383 e. The van der Waals surface area contributed by atoms with Crippen molar-refractivity contribution >= 4 is 5.82 Å². The smallest absolute Gasteiger partial charge is 0.351 e. The van der Waals surface area contributed by atoms with E-state index in [4.69, 9.17) is 24.7 Å². The Bertz CT molecular complexity index is 521. The molecule has 0 aliphatic carbocycles. The molecule has 0 aromatic carbocycles. The normalized spacial score (nSPS) is 22.8. The Hall–Kier alpha value is -1.48. The maximum Gasteiger partial charge on any atom is 0.351 e. The molecular formula is C14H23N3O5. The quantitative estimate of drug-likeness (QED) is 0.562. The fourth-order valence-corrected chi connectivity index (χ4v) is 1.98. The first-order valence-electron chi connectivity index (χ1n) is 7.45. The molecule has 2 rings (SSSR count). The van der Waals surface area contributed by atoms with E-state index in [0.29, 0.717) is 6.61 Å². The fraction of sp³-hybridized carbons (Fsp3) is 0.714. The average Bonchev–Trinajstić information content (AvgIpc) is 2.94. The summed E-state index contributed by atoms with van der Waals surface area (Å²) in [6, 6.07) is 1.54. The number of nitrogen functional groups attached to an aromatic ring is 1. The van der Waals surface area contributed by atoms with Gasteiger partial charge in [0, 0.05) is 12.8 Å². The van der Waals surface area contributed by atoms with Crippen molar-refractivity contribution in [3.63, 3.8) is 0 Å². The minimum atomic E-state index is -0.535. The van der Waals surface area contributed by atoms with Crippen LogP contribution in [-0.2, 0) is 18.9 Å². The number of hydrogen-bond donors (Lipinski definition) is 1. The molecule has 0 saturated carbocycles. The van der Waals surface area contributed by atoms with Gasteiger partial charge in [-0.15, -0.1) is 0 Å². The minimum absolute atomic E-state index is 0.179. The Morgan fingerprint density at radius 1 is 1.55 bits per heavy atom. The summed E-state index contributed by atoms with van der Waals surface area (Å²) in [6.07, 6.45) is 2.24. The molecule has 1 aliphatic heterocycles. The maximum absolute atomic E-state index is 11.7. The Labute approximate surface area is 129 Å². The first-order chi connectivity index (χ1) is 10.6. The molecule has 22 heavy (non-hydrogen) atoms. The van der Waals surface area contributed by atoms with Crippen LogP contribution in [-0.4, -0.2) is 42.0 Å². The van der Waals surface area contributed by atoms with E-state index in [-0.39, 0.29) is 25.3 Å². The average molecular weight is 313 g/mol. The highest BCUT2D eigenvalue weighted by atomic mass is 16.8. The van der Waals surface area contributed by atoms with Crippen LogP contribution in [0.4, 0.5) is 5.82 Å². The largest absolute Gasteiger partial charge is 0.383 e. The highest BCUT2D eigenvalue weighted by Gasteiger charge is 2.28. The number of ether oxygens (including phenoxy) is 4. The van der Waals surface area contributed by atoms with Gasteiger partial charge in [0.2, 0.25) is 0 Å². The summed E-state index contributed by atoms with van der Waals surface area (Å²) in [4.78, 5) is 15.4. The van der Waals surface area contributed by atoms with E-state index in [1.807, 2.05) is 6.92 Å². The molecule has 124 valence electrons. The third-order valence-corrected chi connectivity index (χ3v) is 3.21. The van der Waals surface area contributed by atoms with E-state index in [2.05, 4.69) is 11.9 Å². The van der Waals surface area contributed by atoms with Gasteiger partial charge < -0.3 is 24.7 Å². The van der Waals surface area contributed by atoms with Crippen molar-refractivity contribution in [2.45, 2.75) is 45.5 Å². The summed E-state index contributed by atoms with van der Waals surface area (Å²) in [5, 5.41) is 0. The van der Waals surface area contributed by atoms with Gasteiger partial charge in [-0.1, -0.05) is 13.3 Å². The number of nitrogens with zero attached hydrogens (tertiary/aromatic N) is 2. The molecule has 8 heteroatoms. The number of aromatic nitrogens is 2. The molecule has 3 unspecified atom stereocenters. The molecule has 1 saturated heterocycles. The van der Waals surface area contributed by atoms with Crippen LogP contribution in [0.2, 0.25) is 0 Å². The highest BCUT2D eigenvalue weighted by molar-refractivity contribution is 5.23. The Morgan fingerprint density at radius 3 is 3.09 bits per heavy atom. The summed E-state index contributed by atoms with van der Waals surface area (Å²) in [6.45, 7) is 5.09. The third-order valence-electron chi connectivity index (χ3n) is 3.21. The maximum atomic E-state index is 11.7. The van der Waals surface area contributed by atoms with E-state index < -0.39 is 18.2 Å². The lowest BCUT2D eigenvalue weighted by Crippen LogP contribution is -2.29. The van der Waals surface area contributed by atoms with Crippen LogP contribution >= 0.6 is 0 Å². The van der Waals surface area contributed by atoms with Gasteiger partial charge in [-0.05, 0) is 19.4 Å². The lowest BCUT2D eigenvalue weighted by Gasteiger charge is -2.17. The topological polar surface area (TPSA) is 97.8 Å². The standard InChI is InChI=1S/C14H23N3O5/c1-3-4-7-19-10(2)20-9-13-21-8-12(22-13)17-6-5-11(15)16-14(17)18/h5-6,10,12-13H,3-4,7-9H2,1-2H3,(H2,15,16,18). The lowest BCUT2D eigenvalue weighted by atomic mass is 10.4. The van der Waals surface area contributed by atoms with Crippen LogP contribution < -0.4 is 11.4 Å². The predicted molar refractivity (Wildman–Crippen MR) is 79.0 cm³/mol. The molecule has 2 N–H and O–H groups in total. The molecule has 0 radical (unpaired) electrons. The van der Waals surface area contributed by atoms with Crippen LogP contribution in [0.15, 0.2) is 17.1 Å². The van der Waals surface area contributed by atoms with Crippen molar-refractivity contribution in [1.82, 2.24) is 9.55 Å². The van der Waals surface area contributed by atoms with Crippen molar-refractivity contribution < 1.29 is 18.9 Å². The van der Waals surface area contributed by atoms with Crippen LogP contribution in [0.3, 0.4) is 0 Å².